The molecule has 0 aromatic heterocycles. The Hall–Kier alpha value is -0.350. The van der Waals surface area contributed by atoms with Crippen molar-refractivity contribution in [2.45, 2.75) is 33.2 Å². The Labute approximate surface area is 119 Å². The molecule has 0 bridgehead atoms. The Morgan fingerprint density at radius 2 is 1.76 bits per heavy atom. The first kappa shape index (κ1) is 14.7. The normalized spacial score (nSPS) is 14.2. The number of benzene rings is 1. The van der Waals surface area contributed by atoms with E-state index in [1.807, 2.05) is 25.1 Å². The number of nitrogens with one attached hydrogen (secondary N) is 1. The Kier molecular flexibility index (Phi) is 5.67. The average molecular weight is 363 g/mol. The number of rotatable bonds is 4. The summed E-state index contributed by atoms with van der Waals surface area (Å²) >= 11 is 6.76. The van der Waals surface area contributed by atoms with Gasteiger partial charge in [-0.2, -0.15) is 0 Å². The van der Waals surface area contributed by atoms with Crippen LogP contribution in [0.5, 0.6) is 0 Å². The summed E-state index contributed by atoms with van der Waals surface area (Å²) in [5, 5.41) is 3.02. The third-order valence-corrected chi connectivity index (χ3v) is 3.90. The molecule has 2 nitrogen and oxygen atoms in total. The van der Waals surface area contributed by atoms with Gasteiger partial charge in [0, 0.05) is 20.6 Å². The largest absolute Gasteiger partial charge is 0.349 e. The fourth-order valence-electron chi connectivity index (χ4n) is 1.47. The van der Waals surface area contributed by atoms with Gasteiger partial charge in [-0.15, -0.1) is 0 Å². The molecule has 1 aromatic rings. The molecule has 94 valence electrons. The second kappa shape index (κ2) is 6.55. The van der Waals surface area contributed by atoms with Gasteiger partial charge in [0.2, 0.25) is 0 Å². The zero-order chi connectivity index (χ0) is 13.0. The van der Waals surface area contributed by atoms with Crippen LogP contribution in [0.3, 0.4) is 0 Å². The van der Waals surface area contributed by atoms with E-state index in [-0.39, 0.29) is 11.9 Å². The van der Waals surface area contributed by atoms with E-state index in [9.17, 15) is 4.79 Å². The van der Waals surface area contributed by atoms with Gasteiger partial charge >= 0.3 is 0 Å². The van der Waals surface area contributed by atoms with Gasteiger partial charge in [0.1, 0.15) is 0 Å². The summed E-state index contributed by atoms with van der Waals surface area (Å²) in [4.78, 5) is 12.0. The lowest BCUT2D eigenvalue weighted by atomic mass is 10.0. The van der Waals surface area contributed by atoms with Crippen LogP contribution < -0.4 is 5.32 Å². The van der Waals surface area contributed by atoms with Crippen LogP contribution in [-0.2, 0) is 0 Å². The van der Waals surface area contributed by atoms with Gasteiger partial charge in [0.15, 0.2) is 0 Å². The van der Waals surface area contributed by atoms with E-state index in [0.29, 0.717) is 11.5 Å². The van der Waals surface area contributed by atoms with Gasteiger partial charge in [0.25, 0.3) is 5.91 Å². The van der Waals surface area contributed by atoms with Crippen molar-refractivity contribution < 1.29 is 4.79 Å². The van der Waals surface area contributed by atoms with Crippen molar-refractivity contribution in [1.29, 1.82) is 0 Å². The van der Waals surface area contributed by atoms with Gasteiger partial charge in [-0.3, -0.25) is 4.79 Å². The lowest BCUT2D eigenvalue weighted by molar-refractivity contribution is 0.0928. The molecule has 0 heterocycles. The molecule has 2 atom stereocenters. The lowest BCUT2D eigenvalue weighted by Crippen LogP contribution is -2.36. The SMILES string of the molecule is CCC(C)C(C)NC(=O)c1cc(Br)cc(Br)c1. The molecule has 0 fully saturated rings. The van der Waals surface area contributed by atoms with Crippen molar-refractivity contribution in [3.63, 3.8) is 0 Å². The second-order valence-corrected chi connectivity index (χ2v) is 6.14. The van der Waals surface area contributed by atoms with E-state index < -0.39 is 0 Å². The zero-order valence-corrected chi connectivity index (χ0v) is 13.4. The van der Waals surface area contributed by atoms with Crippen LogP contribution in [0.2, 0.25) is 0 Å². The van der Waals surface area contributed by atoms with Crippen LogP contribution in [0, 0.1) is 5.92 Å². The number of carbonyl (C=O) groups excluding carboxylic acids is 1. The molecule has 0 saturated heterocycles. The van der Waals surface area contributed by atoms with Crippen LogP contribution in [-0.4, -0.2) is 11.9 Å². The summed E-state index contributed by atoms with van der Waals surface area (Å²) in [5.41, 5.74) is 0.668. The maximum atomic E-state index is 12.0. The molecule has 1 aromatic carbocycles. The third kappa shape index (κ3) is 4.43. The Morgan fingerprint density at radius 3 is 2.24 bits per heavy atom. The van der Waals surface area contributed by atoms with E-state index in [1.54, 1.807) is 0 Å². The average Bonchev–Trinajstić information content (AvgIpc) is 2.26. The molecule has 0 radical (unpaired) electrons. The Bertz CT molecular complexity index is 386. The topological polar surface area (TPSA) is 29.1 Å². The molecule has 0 saturated carbocycles. The van der Waals surface area contributed by atoms with Crippen LogP contribution in [0.4, 0.5) is 0 Å². The van der Waals surface area contributed by atoms with Gasteiger partial charge in [-0.25, -0.2) is 0 Å². The van der Waals surface area contributed by atoms with Crippen molar-refractivity contribution in [1.82, 2.24) is 5.32 Å². The zero-order valence-electron chi connectivity index (χ0n) is 10.3. The maximum Gasteiger partial charge on any atom is 0.251 e. The molecule has 0 aliphatic heterocycles. The second-order valence-electron chi connectivity index (χ2n) is 4.31. The van der Waals surface area contributed by atoms with Crippen LogP contribution >= 0.6 is 31.9 Å². The standard InChI is InChI=1S/C13H17Br2NO/c1-4-8(2)9(3)16-13(17)10-5-11(14)7-12(15)6-10/h5-9H,4H2,1-3H3,(H,16,17). The minimum absolute atomic E-state index is 0.0280. The first-order valence-electron chi connectivity index (χ1n) is 5.71. The minimum Gasteiger partial charge on any atom is -0.349 e. The van der Waals surface area contributed by atoms with E-state index >= 15 is 0 Å². The monoisotopic (exact) mass is 361 g/mol. The highest BCUT2D eigenvalue weighted by atomic mass is 79.9. The molecule has 4 heteroatoms. The summed E-state index contributed by atoms with van der Waals surface area (Å²) in [7, 11) is 0. The minimum atomic E-state index is -0.0280. The lowest BCUT2D eigenvalue weighted by Gasteiger charge is -2.20. The number of halogens is 2. The van der Waals surface area contributed by atoms with Crippen molar-refractivity contribution in [2.75, 3.05) is 0 Å². The molecule has 17 heavy (non-hydrogen) atoms. The summed E-state index contributed by atoms with van der Waals surface area (Å²) in [6, 6.07) is 5.74. The smallest absolute Gasteiger partial charge is 0.251 e. The summed E-state index contributed by atoms with van der Waals surface area (Å²) in [6.45, 7) is 6.31. The fourth-order valence-corrected chi connectivity index (χ4v) is 2.76. The number of amides is 1. The molecule has 1 N–H and O–H groups in total. The van der Waals surface area contributed by atoms with E-state index in [2.05, 4.69) is 51.0 Å². The summed E-state index contributed by atoms with van der Waals surface area (Å²) in [5.74, 6) is 0.453. The molecular weight excluding hydrogens is 346 g/mol. The molecular formula is C13H17Br2NO. The first-order chi connectivity index (χ1) is 7.93. The molecule has 0 spiro atoms. The van der Waals surface area contributed by atoms with Crippen LogP contribution in [0.1, 0.15) is 37.6 Å². The van der Waals surface area contributed by atoms with E-state index in [1.165, 1.54) is 0 Å². The van der Waals surface area contributed by atoms with Crippen molar-refractivity contribution >= 4 is 37.8 Å². The summed E-state index contributed by atoms with van der Waals surface area (Å²) < 4.78 is 1.79. The molecule has 1 rings (SSSR count). The highest BCUT2D eigenvalue weighted by Gasteiger charge is 2.14. The fraction of sp³-hybridized carbons (Fsp3) is 0.462. The Morgan fingerprint density at radius 1 is 1.24 bits per heavy atom. The number of hydrogen-bond acceptors (Lipinski definition) is 1. The highest BCUT2D eigenvalue weighted by molar-refractivity contribution is 9.11. The van der Waals surface area contributed by atoms with Gasteiger partial charge in [0.05, 0.1) is 0 Å². The molecule has 2 unspecified atom stereocenters. The quantitative estimate of drug-likeness (QED) is 0.846. The predicted octanol–water partition coefficient (Wildman–Crippen LogP) is 4.38. The third-order valence-electron chi connectivity index (χ3n) is 2.98. The van der Waals surface area contributed by atoms with Gasteiger partial charge in [-0.05, 0) is 31.0 Å². The molecule has 0 aliphatic carbocycles. The predicted molar refractivity (Wildman–Crippen MR) is 78.2 cm³/mol. The molecule has 0 aliphatic rings. The Balaban J connectivity index is 2.76. The highest BCUT2D eigenvalue weighted by Crippen LogP contribution is 2.20. The van der Waals surface area contributed by atoms with Crippen LogP contribution in [0.15, 0.2) is 27.1 Å². The number of carbonyl (C=O) groups is 1. The van der Waals surface area contributed by atoms with Crippen molar-refractivity contribution in [3.8, 4) is 0 Å². The first-order valence-corrected chi connectivity index (χ1v) is 7.29. The molecule has 1 amide bonds. The maximum absolute atomic E-state index is 12.0. The summed E-state index contributed by atoms with van der Waals surface area (Å²) in [6.07, 6.45) is 1.06. The van der Waals surface area contributed by atoms with E-state index in [4.69, 9.17) is 0 Å². The van der Waals surface area contributed by atoms with E-state index in [0.717, 1.165) is 15.4 Å². The van der Waals surface area contributed by atoms with Crippen LogP contribution in [0.25, 0.3) is 0 Å². The van der Waals surface area contributed by atoms with Gasteiger partial charge in [-0.1, -0.05) is 52.1 Å². The van der Waals surface area contributed by atoms with Crippen molar-refractivity contribution in [2.24, 2.45) is 5.92 Å². The van der Waals surface area contributed by atoms with Crippen molar-refractivity contribution in [3.05, 3.63) is 32.7 Å². The number of hydrogen-bond donors (Lipinski definition) is 1. The van der Waals surface area contributed by atoms with Gasteiger partial charge < -0.3 is 5.32 Å².